The molecule has 1 aromatic rings. The Bertz CT molecular complexity index is 332. The van der Waals surface area contributed by atoms with E-state index in [1.165, 1.54) is 24.6 Å². The summed E-state index contributed by atoms with van der Waals surface area (Å²) in [6.07, 6.45) is 1.82. The van der Waals surface area contributed by atoms with Crippen LogP contribution in [-0.2, 0) is 7.05 Å². The average molecular weight is 241 g/mol. The summed E-state index contributed by atoms with van der Waals surface area (Å²) >= 11 is 2.04. The van der Waals surface area contributed by atoms with Gasteiger partial charge in [0.05, 0.1) is 5.69 Å². The fourth-order valence-corrected chi connectivity index (χ4v) is 2.78. The predicted molar refractivity (Wildman–Crippen MR) is 69.9 cm³/mol. The number of nitrogens with zero attached hydrogens (tertiary/aromatic N) is 3. The Morgan fingerprint density at radius 3 is 2.88 bits per heavy atom. The lowest BCUT2D eigenvalue weighted by Crippen LogP contribution is -2.36. The molecule has 0 radical (unpaired) electrons. The van der Waals surface area contributed by atoms with E-state index >= 15 is 0 Å². The number of nitrogen functional groups attached to an aromatic ring is 1. The lowest BCUT2D eigenvalue weighted by Gasteiger charge is -2.25. The molecule has 0 saturated carbocycles. The van der Waals surface area contributed by atoms with Crippen LogP contribution in [0.4, 0.5) is 11.5 Å². The number of hydrogen-bond acceptors (Lipinski definition) is 5. The van der Waals surface area contributed by atoms with Crippen molar-refractivity contribution in [2.45, 2.75) is 0 Å². The minimum atomic E-state index is 0.719. The highest BCUT2D eigenvalue weighted by atomic mass is 32.2. The first-order chi connectivity index (χ1) is 7.75. The summed E-state index contributed by atoms with van der Waals surface area (Å²) in [6, 6.07) is 0. The highest BCUT2D eigenvalue weighted by Gasteiger charge is 2.10. The van der Waals surface area contributed by atoms with Crippen LogP contribution in [0.3, 0.4) is 0 Å². The SMILES string of the molecule is Cn1cc(N)c(NCCN2CCSCC2)n1. The lowest BCUT2D eigenvalue weighted by atomic mass is 10.4. The van der Waals surface area contributed by atoms with Gasteiger partial charge in [0.25, 0.3) is 0 Å². The standard InChI is InChI=1S/C10H19N5S/c1-14-8-9(11)10(13-14)12-2-3-15-4-6-16-7-5-15/h8H,2-7,11H2,1H3,(H,12,13). The number of nitrogens with two attached hydrogens (primary N) is 1. The van der Waals surface area contributed by atoms with Crippen molar-refractivity contribution in [3.63, 3.8) is 0 Å². The summed E-state index contributed by atoms with van der Waals surface area (Å²) in [5, 5.41) is 7.53. The van der Waals surface area contributed by atoms with Crippen LogP contribution in [0, 0.1) is 0 Å². The van der Waals surface area contributed by atoms with E-state index < -0.39 is 0 Å². The number of anilines is 2. The summed E-state index contributed by atoms with van der Waals surface area (Å²) in [7, 11) is 1.88. The van der Waals surface area contributed by atoms with Crippen LogP contribution >= 0.6 is 11.8 Å². The lowest BCUT2D eigenvalue weighted by molar-refractivity contribution is 0.314. The zero-order valence-electron chi connectivity index (χ0n) is 9.65. The van der Waals surface area contributed by atoms with Crippen molar-refractivity contribution >= 4 is 23.3 Å². The zero-order valence-corrected chi connectivity index (χ0v) is 10.5. The number of thioether (sulfide) groups is 1. The van der Waals surface area contributed by atoms with Gasteiger partial charge in [-0.05, 0) is 0 Å². The van der Waals surface area contributed by atoms with E-state index in [-0.39, 0.29) is 0 Å². The molecule has 16 heavy (non-hydrogen) atoms. The molecule has 6 heteroatoms. The highest BCUT2D eigenvalue weighted by molar-refractivity contribution is 7.99. The summed E-state index contributed by atoms with van der Waals surface area (Å²) in [6.45, 7) is 4.37. The molecule has 0 atom stereocenters. The number of hydrogen-bond donors (Lipinski definition) is 2. The summed E-state index contributed by atoms with van der Waals surface area (Å²) < 4.78 is 1.73. The first-order valence-electron chi connectivity index (χ1n) is 5.59. The fourth-order valence-electron chi connectivity index (χ4n) is 1.80. The highest BCUT2D eigenvalue weighted by Crippen LogP contribution is 2.14. The van der Waals surface area contributed by atoms with Crippen LogP contribution in [0.25, 0.3) is 0 Å². The Hall–Kier alpha value is -0.880. The molecule has 0 bridgehead atoms. The molecule has 0 aliphatic carbocycles. The van der Waals surface area contributed by atoms with Crippen LogP contribution in [0.5, 0.6) is 0 Å². The maximum atomic E-state index is 5.80. The van der Waals surface area contributed by atoms with E-state index in [9.17, 15) is 0 Å². The maximum Gasteiger partial charge on any atom is 0.171 e. The maximum absolute atomic E-state index is 5.80. The van der Waals surface area contributed by atoms with Crippen LogP contribution < -0.4 is 11.1 Å². The van der Waals surface area contributed by atoms with E-state index in [1.54, 1.807) is 4.68 Å². The number of aromatic nitrogens is 2. The van der Waals surface area contributed by atoms with Crippen molar-refractivity contribution in [1.29, 1.82) is 0 Å². The van der Waals surface area contributed by atoms with Crippen LogP contribution in [-0.4, -0.2) is 52.4 Å². The van der Waals surface area contributed by atoms with Gasteiger partial charge in [0, 0.05) is 50.9 Å². The van der Waals surface area contributed by atoms with Gasteiger partial charge in [-0.3, -0.25) is 9.58 Å². The minimum absolute atomic E-state index is 0.719. The van der Waals surface area contributed by atoms with Crippen LogP contribution in [0.1, 0.15) is 0 Å². The smallest absolute Gasteiger partial charge is 0.171 e. The van der Waals surface area contributed by atoms with E-state index in [4.69, 9.17) is 5.73 Å². The van der Waals surface area contributed by atoms with Gasteiger partial charge in [-0.2, -0.15) is 16.9 Å². The molecular formula is C10H19N5S. The van der Waals surface area contributed by atoms with Gasteiger partial charge in [-0.1, -0.05) is 0 Å². The first kappa shape index (κ1) is 11.6. The fraction of sp³-hybridized carbons (Fsp3) is 0.700. The Morgan fingerprint density at radius 1 is 1.50 bits per heavy atom. The second kappa shape index (κ2) is 5.45. The van der Waals surface area contributed by atoms with Gasteiger partial charge in [0.2, 0.25) is 0 Å². The van der Waals surface area contributed by atoms with Crippen molar-refractivity contribution in [2.75, 3.05) is 48.7 Å². The second-order valence-electron chi connectivity index (χ2n) is 3.99. The normalized spacial score (nSPS) is 17.6. The summed E-state index contributed by atoms with van der Waals surface area (Å²) in [5.41, 5.74) is 6.52. The summed E-state index contributed by atoms with van der Waals surface area (Å²) in [5.74, 6) is 3.31. The van der Waals surface area contributed by atoms with Gasteiger partial charge < -0.3 is 11.1 Å². The topological polar surface area (TPSA) is 59.1 Å². The van der Waals surface area contributed by atoms with Gasteiger partial charge in [0.1, 0.15) is 0 Å². The van der Waals surface area contributed by atoms with E-state index in [0.29, 0.717) is 0 Å². The van der Waals surface area contributed by atoms with Crippen molar-refractivity contribution in [3.05, 3.63) is 6.20 Å². The molecule has 0 unspecified atom stereocenters. The quantitative estimate of drug-likeness (QED) is 0.802. The molecule has 1 aromatic heterocycles. The van der Waals surface area contributed by atoms with E-state index in [0.717, 1.165) is 24.6 Å². The van der Waals surface area contributed by atoms with E-state index in [1.807, 2.05) is 25.0 Å². The Kier molecular flexibility index (Phi) is 3.95. The second-order valence-corrected chi connectivity index (χ2v) is 5.21. The number of aryl methyl sites for hydroxylation is 1. The third kappa shape index (κ3) is 3.05. The minimum Gasteiger partial charge on any atom is -0.394 e. The molecule has 0 aromatic carbocycles. The van der Waals surface area contributed by atoms with E-state index in [2.05, 4.69) is 15.3 Å². The molecule has 1 fully saturated rings. The monoisotopic (exact) mass is 241 g/mol. The predicted octanol–water partition coefficient (Wildman–Crippen LogP) is 0.463. The molecule has 5 nitrogen and oxygen atoms in total. The number of nitrogens with one attached hydrogen (secondary N) is 1. The molecule has 1 aliphatic heterocycles. The van der Waals surface area contributed by atoms with Crippen molar-refractivity contribution in [3.8, 4) is 0 Å². The third-order valence-electron chi connectivity index (χ3n) is 2.68. The molecule has 1 aliphatic rings. The zero-order chi connectivity index (χ0) is 11.4. The summed E-state index contributed by atoms with van der Waals surface area (Å²) in [4.78, 5) is 2.47. The molecule has 0 spiro atoms. The van der Waals surface area contributed by atoms with Gasteiger partial charge >= 0.3 is 0 Å². The Labute approximate surface area is 100 Å². The Balaban J connectivity index is 1.73. The Morgan fingerprint density at radius 2 is 2.25 bits per heavy atom. The molecule has 1 saturated heterocycles. The van der Waals surface area contributed by atoms with Gasteiger partial charge in [-0.25, -0.2) is 0 Å². The van der Waals surface area contributed by atoms with Crippen molar-refractivity contribution < 1.29 is 0 Å². The molecule has 2 rings (SSSR count). The molecule has 90 valence electrons. The third-order valence-corrected chi connectivity index (χ3v) is 3.62. The molecule has 2 heterocycles. The first-order valence-corrected chi connectivity index (χ1v) is 6.74. The van der Waals surface area contributed by atoms with Gasteiger partial charge in [-0.15, -0.1) is 0 Å². The van der Waals surface area contributed by atoms with Crippen molar-refractivity contribution in [1.82, 2.24) is 14.7 Å². The molecular weight excluding hydrogens is 222 g/mol. The molecule has 0 amide bonds. The largest absolute Gasteiger partial charge is 0.394 e. The van der Waals surface area contributed by atoms with Crippen LogP contribution in [0.2, 0.25) is 0 Å². The van der Waals surface area contributed by atoms with Gasteiger partial charge in [0.15, 0.2) is 5.82 Å². The van der Waals surface area contributed by atoms with Crippen molar-refractivity contribution in [2.24, 2.45) is 7.05 Å². The molecule has 3 N–H and O–H groups in total. The number of rotatable bonds is 4. The average Bonchev–Trinajstić information content (AvgIpc) is 2.59. The van der Waals surface area contributed by atoms with Crippen LogP contribution in [0.15, 0.2) is 6.20 Å².